The lowest BCUT2D eigenvalue weighted by Crippen LogP contribution is -2.26. The van der Waals surface area contributed by atoms with Gasteiger partial charge in [-0.2, -0.15) is 5.10 Å². The fourth-order valence-electron chi connectivity index (χ4n) is 2.06. The molecular formula is C14H10N2O4. The smallest absolute Gasteiger partial charge is 0.357 e. The molecule has 0 radical (unpaired) electrons. The van der Waals surface area contributed by atoms with Gasteiger partial charge in [-0.25, -0.2) is 9.48 Å². The molecule has 3 aromatic rings. The first kappa shape index (κ1) is 12.2. The summed E-state index contributed by atoms with van der Waals surface area (Å²) in [7, 11) is 0. The largest absolute Gasteiger partial charge is 0.476 e. The van der Waals surface area contributed by atoms with Crippen molar-refractivity contribution in [3.05, 3.63) is 64.5 Å². The molecule has 20 heavy (non-hydrogen) atoms. The molecule has 6 nitrogen and oxygen atoms in total. The first-order valence-electron chi connectivity index (χ1n) is 5.91. The number of hydrogen-bond donors (Lipinski definition) is 1. The lowest BCUT2D eigenvalue weighted by Gasteiger charge is -2.07. The number of carboxylic acid groups (broad SMARTS) is 1. The van der Waals surface area contributed by atoms with Crippen molar-refractivity contribution in [1.82, 2.24) is 9.78 Å². The molecule has 0 spiro atoms. The Labute approximate surface area is 112 Å². The molecule has 6 heteroatoms. The maximum atomic E-state index is 12.3. The van der Waals surface area contributed by atoms with E-state index in [1.807, 2.05) is 0 Å². The van der Waals surface area contributed by atoms with E-state index >= 15 is 0 Å². The lowest BCUT2D eigenvalue weighted by atomic mass is 10.1. The van der Waals surface area contributed by atoms with Crippen molar-refractivity contribution in [2.75, 3.05) is 0 Å². The van der Waals surface area contributed by atoms with Crippen molar-refractivity contribution in [3.8, 4) is 0 Å². The monoisotopic (exact) mass is 270 g/mol. The standard InChI is InChI=1S/C14H10N2O4/c17-13-11-4-2-1-3-10(11)12(14(18)19)15-16(13)7-9-5-6-20-8-9/h1-6,8H,7H2,(H,18,19). The SMILES string of the molecule is O=C(O)c1nn(Cc2ccoc2)c(=O)c2ccccc12. The Hall–Kier alpha value is -2.89. The predicted octanol–water partition coefficient (Wildman–Crippen LogP) is 1.74. The van der Waals surface area contributed by atoms with Gasteiger partial charge in [-0.1, -0.05) is 18.2 Å². The van der Waals surface area contributed by atoms with Gasteiger partial charge < -0.3 is 9.52 Å². The number of hydrogen-bond acceptors (Lipinski definition) is 4. The zero-order valence-corrected chi connectivity index (χ0v) is 10.3. The van der Waals surface area contributed by atoms with Crippen LogP contribution >= 0.6 is 0 Å². The lowest BCUT2D eigenvalue weighted by molar-refractivity contribution is 0.0690. The zero-order valence-electron chi connectivity index (χ0n) is 10.3. The van der Waals surface area contributed by atoms with Crippen LogP contribution in [0.4, 0.5) is 0 Å². The van der Waals surface area contributed by atoms with Crippen LogP contribution in [0.15, 0.2) is 52.1 Å². The molecule has 0 amide bonds. The number of carboxylic acids is 1. The molecule has 0 bridgehead atoms. The quantitative estimate of drug-likeness (QED) is 0.783. The van der Waals surface area contributed by atoms with Gasteiger partial charge in [0.05, 0.1) is 24.5 Å². The summed E-state index contributed by atoms with van der Waals surface area (Å²) in [4.78, 5) is 23.6. The summed E-state index contributed by atoms with van der Waals surface area (Å²) >= 11 is 0. The molecule has 0 saturated carbocycles. The van der Waals surface area contributed by atoms with Crippen LogP contribution in [0.1, 0.15) is 16.1 Å². The van der Waals surface area contributed by atoms with Crippen LogP contribution in [0.5, 0.6) is 0 Å². The minimum absolute atomic E-state index is 0.135. The summed E-state index contributed by atoms with van der Waals surface area (Å²) in [5.41, 5.74) is 0.279. The predicted molar refractivity (Wildman–Crippen MR) is 70.8 cm³/mol. The molecule has 0 saturated heterocycles. The Morgan fingerprint density at radius 3 is 2.65 bits per heavy atom. The molecule has 1 aromatic carbocycles. The maximum Gasteiger partial charge on any atom is 0.357 e. The number of fused-ring (bicyclic) bond motifs is 1. The first-order chi connectivity index (χ1) is 9.66. The number of nitrogens with zero attached hydrogens (tertiary/aromatic N) is 2. The first-order valence-corrected chi connectivity index (χ1v) is 5.91. The highest BCUT2D eigenvalue weighted by Crippen LogP contribution is 2.13. The van der Waals surface area contributed by atoms with Crippen molar-refractivity contribution < 1.29 is 14.3 Å². The minimum Gasteiger partial charge on any atom is -0.476 e. The van der Waals surface area contributed by atoms with E-state index < -0.39 is 5.97 Å². The fourth-order valence-corrected chi connectivity index (χ4v) is 2.06. The summed E-state index contributed by atoms with van der Waals surface area (Å²) in [6, 6.07) is 8.24. The second-order valence-corrected chi connectivity index (χ2v) is 4.29. The van der Waals surface area contributed by atoms with Gasteiger partial charge in [0.15, 0.2) is 5.69 Å². The number of benzene rings is 1. The van der Waals surface area contributed by atoms with E-state index in [1.54, 1.807) is 30.3 Å². The average Bonchev–Trinajstić information content (AvgIpc) is 2.94. The van der Waals surface area contributed by atoms with Crippen LogP contribution < -0.4 is 5.56 Å². The molecule has 100 valence electrons. The summed E-state index contributed by atoms with van der Waals surface area (Å²) in [5.74, 6) is -1.16. The van der Waals surface area contributed by atoms with Gasteiger partial charge in [0.1, 0.15) is 0 Å². The number of aromatic carboxylic acids is 1. The molecule has 0 aliphatic heterocycles. The Balaban J connectivity index is 2.25. The number of furan rings is 1. The van der Waals surface area contributed by atoms with Crippen LogP contribution in [0.3, 0.4) is 0 Å². The van der Waals surface area contributed by atoms with E-state index in [1.165, 1.54) is 12.5 Å². The molecular weight excluding hydrogens is 260 g/mol. The van der Waals surface area contributed by atoms with Gasteiger partial charge in [0.2, 0.25) is 0 Å². The van der Waals surface area contributed by atoms with E-state index in [9.17, 15) is 14.7 Å². The van der Waals surface area contributed by atoms with Crippen LogP contribution in [0, 0.1) is 0 Å². The van der Waals surface area contributed by atoms with Gasteiger partial charge in [-0.05, 0) is 12.1 Å². The van der Waals surface area contributed by atoms with E-state index in [-0.39, 0.29) is 17.8 Å². The number of carbonyl (C=O) groups is 1. The minimum atomic E-state index is -1.16. The Kier molecular flexibility index (Phi) is 2.83. The molecule has 0 aliphatic rings. The molecule has 3 rings (SSSR count). The molecule has 0 fully saturated rings. The van der Waals surface area contributed by atoms with Crippen LogP contribution in [0.25, 0.3) is 10.8 Å². The van der Waals surface area contributed by atoms with Gasteiger partial charge in [-0.3, -0.25) is 4.79 Å². The normalized spacial score (nSPS) is 10.8. The summed E-state index contributed by atoms with van der Waals surface area (Å²) in [6.45, 7) is 0.167. The molecule has 2 aromatic heterocycles. The van der Waals surface area contributed by atoms with E-state index in [0.717, 1.165) is 10.2 Å². The van der Waals surface area contributed by atoms with Crippen LogP contribution in [-0.2, 0) is 6.54 Å². The highest BCUT2D eigenvalue weighted by Gasteiger charge is 2.15. The van der Waals surface area contributed by atoms with Crippen molar-refractivity contribution >= 4 is 16.7 Å². The molecule has 1 N–H and O–H groups in total. The van der Waals surface area contributed by atoms with Gasteiger partial charge in [0.25, 0.3) is 5.56 Å². The molecule has 2 heterocycles. The molecule has 0 atom stereocenters. The Morgan fingerprint density at radius 2 is 2.00 bits per heavy atom. The van der Waals surface area contributed by atoms with Crippen molar-refractivity contribution in [2.45, 2.75) is 6.54 Å². The summed E-state index contributed by atoms with van der Waals surface area (Å²) in [5, 5.41) is 13.8. The highest BCUT2D eigenvalue weighted by atomic mass is 16.4. The van der Waals surface area contributed by atoms with Gasteiger partial charge in [-0.15, -0.1) is 0 Å². The van der Waals surface area contributed by atoms with Crippen LogP contribution in [0.2, 0.25) is 0 Å². The van der Waals surface area contributed by atoms with Gasteiger partial charge in [0, 0.05) is 10.9 Å². The maximum absolute atomic E-state index is 12.3. The van der Waals surface area contributed by atoms with Crippen molar-refractivity contribution in [3.63, 3.8) is 0 Å². The van der Waals surface area contributed by atoms with Crippen molar-refractivity contribution in [1.29, 1.82) is 0 Å². The topological polar surface area (TPSA) is 85.3 Å². The third-order valence-corrected chi connectivity index (χ3v) is 2.98. The highest BCUT2D eigenvalue weighted by molar-refractivity contribution is 6.01. The fraction of sp³-hybridized carbons (Fsp3) is 0.0714. The van der Waals surface area contributed by atoms with Crippen molar-refractivity contribution in [2.24, 2.45) is 0 Å². The van der Waals surface area contributed by atoms with E-state index in [0.29, 0.717) is 10.8 Å². The zero-order chi connectivity index (χ0) is 14.1. The second kappa shape index (κ2) is 4.65. The van der Waals surface area contributed by atoms with Crippen LogP contribution in [-0.4, -0.2) is 20.9 Å². The third-order valence-electron chi connectivity index (χ3n) is 2.98. The third kappa shape index (κ3) is 1.97. The number of rotatable bonds is 3. The number of aromatic nitrogens is 2. The van der Waals surface area contributed by atoms with E-state index in [2.05, 4.69) is 5.10 Å². The Morgan fingerprint density at radius 1 is 1.25 bits per heavy atom. The Bertz CT molecular complexity index is 834. The summed E-state index contributed by atoms with van der Waals surface area (Å²) < 4.78 is 6.07. The summed E-state index contributed by atoms with van der Waals surface area (Å²) in [6.07, 6.45) is 2.98. The second-order valence-electron chi connectivity index (χ2n) is 4.29. The molecule has 0 unspecified atom stereocenters. The average molecular weight is 270 g/mol. The van der Waals surface area contributed by atoms with Gasteiger partial charge >= 0.3 is 5.97 Å². The molecule has 0 aliphatic carbocycles. The van der Waals surface area contributed by atoms with E-state index in [4.69, 9.17) is 4.42 Å².